The van der Waals surface area contributed by atoms with Crippen LogP contribution in [-0.4, -0.2) is 107 Å². The van der Waals surface area contributed by atoms with Crippen molar-refractivity contribution in [3.63, 3.8) is 0 Å². The van der Waals surface area contributed by atoms with Crippen molar-refractivity contribution >= 4 is 166 Å². The molecule has 1 aliphatic carbocycles. The van der Waals surface area contributed by atoms with Gasteiger partial charge in [0.1, 0.15) is 106 Å². The standard InChI is InChI=1S/C42H21B13OS/c43-26-25(20-11-10-18-24(19-20)57(21-12-4-1-5-13-21,22-14-6-2-7-15-22)23-16-8-3-9-17-23)38(33(50)28(45)27(26)44)55-39-34(51)29(46)31(48)36(53)41(39)56-42-37(54)32(49)30(47)35(52)40(42)55/h1-19,39,41H. The van der Waals surface area contributed by atoms with E-state index in [9.17, 15) is 0 Å². The average molecular weight is 714 g/mol. The highest BCUT2D eigenvalue weighted by Gasteiger charge is 2.48. The molecule has 6 aromatic rings. The fourth-order valence-corrected chi connectivity index (χ4v) is 12.3. The lowest BCUT2D eigenvalue weighted by Gasteiger charge is -2.47. The minimum atomic E-state index is -2.14. The Morgan fingerprint density at radius 3 is 1.39 bits per heavy atom. The summed E-state index contributed by atoms with van der Waals surface area (Å²) in [5.41, 5.74) is 3.17. The summed E-state index contributed by atoms with van der Waals surface area (Å²) in [5.74, 6) is -0.702. The van der Waals surface area contributed by atoms with Gasteiger partial charge in [0.2, 0.25) is 6.71 Å². The smallest absolute Gasteiger partial charge is 0.223 e. The number of fused-ring (bicyclic) bond motifs is 2. The van der Waals surface area contributed by atoms with E-state index < -0.39 is 28.7 Å². The van der Waals surface area contributed by atoms with E-state index in [2.05, 4.69) is 84.9 Å². The monoisotopic (exact) mass is 716 g/mol. The quantitative estimate of drug-likeness (QED) is 0.180. The molecular formula is C42H21B13OS. The van der Waals surface area contributed by atoms with E-state index in [1.807, 2.05) is 30.3 Å². The molecule has 1 aliphatic heterocycles. The first-order valence-corrected chi connectivity index (χ1v) is 19.7. The average Bonchev–Trinajstić information content (AvgIpc) is 3.24. The molecule has 2 aliphatic rings. The molecule has 0 saturated carbocycles. The van der Waals surface area contributed by atoms with E-state index in [0.717, 1.165) is 19.6 Å². The molecule has 0 amide bonds. The molecule has 15 heteroatoms. The SMILES string of the molecule is [B]C1=C([B])C2Oc3c([B])c([B])c([B])c([B])c3B(c3c([B])c([B])c([B])c([B])c3-c3cccc(S(c4ccccc4)(c4ccccc4)c4ccccc4)c3)C2C([B])=C1[B]. The molecule has 0 N–H and O–H groups in total. The maximum Gasteiger partial charge on any atom is 0.223 e. The maximum atomic E-state index is 7.12. The van der Waals surface area contributed by atoms with Crippen molar-refractivity contribution in [1.82, 2.24) is 0 Å². The van der Waals surface area contributed by atoms with Crippen molar-refractivity contribution in [2.24, 2.45) is 0 Å². The number of rotatable bonds is 6. The van der Waals surface area contributed by atoms with E-state index >= 15 is 0 Å². The molecule has 1 nitrogen and oxygen atoms in total. The molecule has 0 fully saturated rings. The third-order valence-electron chi connectivity index (χ3n) is 11.2. The van der Waals surface area contributed by atoms with Crippen molar-refractivity contribution in [3.05, 3.63) is 137 Å². The van der Waals surface area contributed by atoms with Crippen LogP contribution in [0.2, 0.25) is 5.82 Å². The van der Waals surface area contributed by atoms with Crippen molar-refractivity contribution in [3.8, 4) is 16.9 Å². The van der Waals surface area contributed by atoms with Gasteiger partial charge in [-0.05, 0) is 70.9 Å². The van der Waals surface area contributed by atoms with Crippen molar-refractivity contribution < 1.29 is 4.74 Å². The summed E-state index contributed by atoms with van der Waals surface area (Å²) >= 11 is 0. The van der Waals surface area contributed by atoms with Crippen LogP contribution in [0.25, 0.3) is 11.1 Å². The first kappa shape index (κ1) is 39.6. The number of ether oxygens (including phenoxy) is 1. The predicted octanol–water partition coefficient (Wildman–Crippen LogP) is -2.10. The summed E-state index contributed by atoms with van der Waals surface area (Å²) in [6.45, 7) is -0.910. The maximum absolute atomic E-state index is 7.12. The van der Waals surface area contributed by atoms with Gasteiger partial charge in [-0.15, -0.1) is 59.2 Å². The summed E-state index contributed by atoms with van der Waals surface area (Å²) in [5, 5.41) is 0. The van der Waals surface area contributed by atoms with E-state index in [4.69, 9.17) is 98.9 Å². The first-order chi connectivity index (χ1) is 27.3. The summed E-state index contributed by atoms with van der Waals surface area (Å²) in [4.78, 5) is 4.38. The van der Waals surface area contributed by atoms with Gasteiger partial charge in [0.25, 0.3) is 0 Å². The number of hydrogen-bond donors (Lipinski definition) is 0. The molecule has 0 saturated heterocycles. The zero-order valence-electron chi connectivity index (χ0n) is 30.9. The Balaban J connectivity index is 1.49. The van der Waals surface area contributed by atoms with Gasteiger partial charge >= 0.3 is 0 Å². The van der Waals surface area contributed by atoms with Crippen LogP contribution in [0.4, 0.5) is 0 Å². The van der Waals surface area contributed by atoms with Gasteiger partial charge in [0.15, 0.2) is 0 Å². The zero-order valence-corrected chi connectivity index (χ0v) is 31.8. The van der Waals surface area contributed by atoms with Gasteiger partial charge in [-0.25, -0.2) is 0 Å². The van der Waals surface area contributed by atoms with Crippen LogP contribution >= 0.6 is 10.0 Å². The number of benzene rings is 6. The second-order valence-corrected chi connectivity index (χ2v) is 17.3. The van der Waals surface area contributed by atoms with E-state index in [-0.39, 0.29) is 71.3 Å². The Morgan fingerprint density at radius 1 is 0.421 bits per heavy atom. The van der Waals surface area contributed by atoms with Crippen LogP contribution in [0.1, 0.15) is 0 Å². The minimum absolute atomic E-state index is 0.0390. The Bertz CT molecular complexity index is 2550. The van der Waals surface area contributed by atoms with Crippen molar-refractivity contribution in [2.45, 2.75) is 31.5 Å². The highest BCUT2D eigenvalue weighted by atomic mass is 32.3. The van der Waals surface area contributed by atoms with Gasteiger partial charge in [0, 0.05) is 19.6 Å². The zero-order chi connectivity index (χ0) is 40.5. The van der Waals surface area contributed by atoms with E-state index in [0.29, 0.717) is 22.1 Å². The second kappa shape index (κ2) is 15.2. The summed E-state index contributed by atoms with van der Waals surface area (Å²) in [7, 11) is 78.4. The van der Waals surface area contributed by atoms with Crippen LogP contribution in [-0.2, 0) is 0 Å². The molecule has 0 bridgehead atoms. The summed E-state index contributed by atoms with van der Waals surface area (Å²) in [6.07, 6.45) is -0.982. The first-order valence-electron chi connectivity index (χ1n) is 18.1. The molecule has 8 rings (SSSR count). The Morgan fingerprint density at radius 2 is 0.860 bits per heavy atom. The molecule has 1 heterocycles. The minimum Gasteiger partial charge on any atom is -0.488 e. The normalized spacial score (nSPS) is 16.8. The van der Waals surface area contributed by atoms with Gasteiger partial charge in [0.05, 0.1) is 0 Å². The Hall–Kier alpha value is -4.21. The van der Waals surface area contributed by atoms with E-state index in [1.54, 1.807) is 0 Å². The highest BCUT2D eigenvalue weighted by Crippen LogP contribution is 2.73. The Kier molecular flexibility index (Phi) is 10.6. The summed E-state index contributed by atoms with van der Waals surface area (Å²) in [6, 6.07) is 39.5. The van der Waals surface area contributed by atoms with Crippen molar-refractivity contribution in [1.29, 1.82) is 0 Å². The molecular weight excluding hydrogens is 693 g/mol. The lowest BCUT2D eigenvalue weighted by Crippen LogP contribution is -2.71. The lowest BCUT2D eigenvalue weighted by molar-refractivity contribution is 0.243. The molecule has 2 atom stereocenters. The number of hydrogen-bond acceptors (Lipinski definition) is 1. The molecule has 0 aromatic heterocycles. The van der Waals surface area contributed by atoms with Crippen LogP contribution < -0.4 is 59.4 Å². The highest BCUT2D eigenvalue weighted by molar-refractivity contribution is 8.34. The fourth-order valence-electron chi connectivity index (χ4n) is 8.40. The van der Waals surface area contributed by atoms with Crippen molar-refractivity contribution in [2.75, 3.05) is 0 Å². The fraction of sp³-hybridized carbons (Fsp3) is 0.0476. The van der Waals surface area contributed by atoms with Crippen LogP contribution in [0.15, 0.2) is 157 Å². The van der Waals surface area contributed by atoms with E-state index in [1.165, 1.54) is 0 Å². The third kappa shape index (κ3) is 6.04. The largest absolute Gasteiger partial charge is 0.488 e. The molecule has 57 heavy (non-hydrogen) atoms. The molecule has 2 unspecified atom stereocenters. The summed E-state index contributed by atoms with van der Waals surface area (Å²) < 4.78 is 6.52. The molecule has 6 aromatic carbocycles. The van der Waals surface area contributed by atoms with Gasteiger partial charge < -0.3 is 4.74 Å². The number of allylic oxidation sites excluding steroid dienone is 2. The predicted molar refractivity (Wildman–Crippen MR) is 252 cm³/mol. The second-order valence-electron chi connectivity index (χ2n) is 14.2. The molecule has 240 valence electrons. The van der Waals surface area contributed by atoms with Crippen LogP contribution in [0.5, 0.6) is 5.75 Å². The van der Waals surface area contributed by atoms with Gasteiger partial charge in [-0.3, -0.25) is 0 Å². The topological polar surface area (TPSA) is 9.23 Å². The molecule has 24 radical (unpaired) electrons. The van der Waals surface area contributed by atoms with Gasteiger partial charge in [-0.2, -0.15) is 0 Å². The third-order valence-corrected chi connectivity index (χ3v) is 15.1. The Labute approximate surface area is 353 Å². The van der Waals surface area contributed by atoms with Crippen LogP contribution in [0.3, 0.4) is 0 Å². The lowest BCUT2D eigenvalue weighted by atomic mass is 9.24. The molecule has 0 spiro atoms. The van der Waals surface area contributed by atoms with Crippen LogP contribution in [0, 0.1) is 0 Å². The van der Waals surface area contributed by atoms with Gasteiger partial charge in [-0.1, -0.05) is 88.6 Å².